The van der Waals surface area contributed by atoms with Crippen molar-refractivity contribution in [2.45, 2.75) is 26.1 Å². The maximum Gasteiger partial charge on any atom is 0.407 e. The van der Waals surface area contributed by atoms with Crippen molar-refractivity contribution in [1.29, 1.82) is 0 Å². The van der Waals surface area contributed by atoms with Crippen molar-refractivity contribution in [3.63, 3.8) is 0 Å². The van der Waals surface area contributed by atoms with Crippen molar-refractivity contribution in [3.05, 3.63) is 99.2 Å². The van der Waals surface area contributed by atoms with Crippen LogP contribution in [0.15, 0.2) is 65.6 Å². The molecule has 1 amide bonds. The monoisotopic (exact) mass is 540 g/mol. The van der Waals surface area contributed by atoms with Crippen molar-refractivity contribution in [2.75, 3.05) is 31.5 Å². The van der Waals surface area contributed by atoms with E-state index in [9.17, 15) is 14.0 Å². The lowest BCUT2D eigenvalue weighted by molar-refractivity contribution is 0.103. The fraction of sp³-hybridized carbons (Fsp3) is 0.267. The van der Waals surface area contributed by atoms with Gasteiger partial charge in [-0.15, -0.1) is 6.42 Å². The van der Waals surface area contributed by atoms with Gasteiger partial charge in [0.25, 0.3) is 5.56 Å². The number of nitrogens with one attached hydrogen (secondary N) is 1. The standard InChI is InChI=1S/C30H29FN6O3/c1-3-21-4-9-25(26(31)16-21)19-37-27(38)11-10-24-17-32-29(34-28(24)37)33-20(2)23-7-5-22(6-8-23)18-35-12-14-36(15-13-35)30(39)40/h1,4-11,16-17,20H,12-15,18-19H2,2H3,(H,39,40)(H,32,33,34). The van der Waals surface area contributed by atoms with Gasteiger partial charge in [0.2, 0.25) is 5.95 Å². The molecule has 1 atom stereocenters. The number of aromatic nitrogens is 3. The molecule has 9 nitrogen and oxygen atoms in total. The molecule has 1 aliphatic rings. The van der Waals surface area contributed by atoms with E-state index in [1.165, 1.54) is 21.6 Å². The van der Waals surface area contributed by atoms with E-state index in [2.05, 4.69) is 38.2 Å². The highest BCUT2D eigenvalue weighted by molar-refractivity contribution is 5.75. The largest absolute Gasteiger partial charge is 0.465 e. The molecule has 1 saturated heterocycles. The smallest absolute Gasteiger partial charge is 0.407 e. The van der Waals surface area contributed by atoms with Crippen molar-refractivity contribution >= 4 is 23.1 Å². The van der Waals surface area contributed by atoms with E-state index in [0.29, 0.717) is 54.3 Å². The minimum Gasteiger partial charge on any atom is -0.465 e. The van der Waals surface area contributed by atoms with Crippen LogP contribution in [0.4, 0.5) is 15.1 Å². The molecule has 3 heterocycles. The number of hydrogen-bond acceptors (Lipinski definition) is 6. The van der Waals surface area contributed by atoms with Crippen LogP contribution in [0.25, 0.3) is 11.0 Å². The summed E-state index contributed by atoms with van der Waals surface area (Å²) in [5, 5.41) is 13.1. The summed E-state index contributed by atoms with van der Waals surface area (Å²) in [5.74, 6) is 2.28. The first-order chi connectivity index (χ1) is 19.3. The van der Waals surface area contributed by atoms with Gasteiger partial charge in [-0.05, 0) is 36.2 Å². The minimum absolute atomic E-state index is 0.00564. The van der Waals surface area contributed by atoms with E-state index >= 15 is 0 Å². The second-order valence-corrected chi connectivity index (χ2v) is 9.83. The second-order valence-electron chi connectivity index (χ2n) is 9.83. The van der Waals surface area contributed by atoms with Gasteiger partial charge in [-0.2, -0.15) is 4.98 Å². The zero-order chi connectivity index (χ0) is 28.2. The van der Waals surface area contributed by atoms with Gasteiger partial charge >= 0.3 is 6.09 Å². The third-order valence-electron chi connectivity index (χ3n) is 7.15. The summed E-state index contributed by atoms with van der Waals surface area (Å²) in [6.07, 6.45) is 6.13. The Kier molecular flexibility index (Phi) is 7.75. The summed E-state index contributed by atoms with van der Waals surface area (Å²) in [6.45, 7) is 5.20. The van der Waals surface area contributed by atoms with Gasteiger partial charge in [0.05, 0.1) is 12.6 Å². The van der Waals surface area contributed by atoms with E-state index < -0.39 is 11.9 Å². The lowest BCUT2D eigenvalue weighted by Crippen LogP contribution is -2.47. The quantitative estimate of drug-likeness (QED) is 0.343. The summed E-state index contributed by atoms with van der Waals surface area (Å²) in [7, 11) is 0. The first kappa shape index (κ1) is 26.8. The van der Waals surface area contributed by atoms with Gasteiger partial charge < -0.3 is 15.3 Å². The van der Waals surface area contributed by atoms with E-state index in [1.807, 2.05) is 19.1 Å². The summed E-state index contributed by atoms with van der Waals surface area (Å²) in [6, 6.07) is 15.7. The molecule has 40 heavy (non-hydrogen) atoms. The van der Waals surface area contributed by atoms with Gasteiger partial charge in [0.15, 0.2) is 0 Å². The topological polar surface area (TPSA) is 104 Å². The van der Waals surface area contributed by atoms with Crippen LogP contribution < -0.4 is 10.9 Å². The Morgan fingerprint density at radius 3 is 2.52 bits per heavy atom. The summed E-state index contributed by atoms with van der Waals surface area (Å²) in [5.41, 5.74) is 3.04. The maximum absolute atomic E-state index is 14.6. The maximum atomic E-state index is 14.6. The Morgan fingerprint density at radius 2 is 1.85 bits per heavy atom. The summed E-state index contributed by atoms with van der Waals surface area (Å²) >= 11 is 0. The van der Waals surface area contributed by atoms with Crippen LogP contribution in [-0.4, -0.2) is 61.7 Å². The molecule has 1 aliphatic heterocycles. The number of carbonyl (C=O) groups is 1. The molecular weight excluding hydrogens is 511 g/mol. The first-order valence-corrected chi connectivity index (χ1v) is 13.0. The van der Waals surface area contributed by atoms with Crippen molar-refractivity contribution in [3.8, 4) is 12.3 Å². The predicted octanol–water partition coefficient (Wildman–Crippen LogP) is 3.93. The molecule has 0 radical (unpaired) electrons. The Hall–Kier alpha value is -4.75. The average molecular weight is 541 g/mol. The number of amides is 1. The molecule has 0 saturated carbocycles. The molecule has 1 unspecified atom stereocenters. The van der Waals surface area contributed by atoms with Crippen LogP contribution in [0.1, 0.15) is 35.2 Å². The van der Waals surface area contributed by atoms with E-state index in [0.717, 1.165) is 17.7 Å². The molecule has 10 heteroatoms. The van der Waals surface area contributed by atoms with Crippen LogP contribution in [0.5, 0.6) is 0 Å². The average Bonchev–Trinajstić information content (AvgIpc) is 2.96. The third kappa shape index (κ3) is 5.95. The molecule has 2 aromatic heterocycles. The lowest BCUT2D eigenvalue weighted by Gasteiger charge is -2.33. The number of hydrogen-bond donors (Lipinski definition) is 2. The molecular formula is C30H29FN6O3. The van der Waals surface area contributed by atoms with Gasteiger partial charge in [-0.1, -0.05) is 36.3 Å². The predicted molar refractivity (Wildman–Crippen MR) is 151 cm³/mol. The highest BCUT2D eigenvalue weighted by Gasteiger charge is 2.20. The zero-order valence-corrected chi connectivity index (χ0v) is 22.0. The Balaban J connectivity index is 1.29. The Labute approximate surface area is 230 Å². The summed E-state index contributed by atoms with van der Waals surface area (Å²) in [4.78, 5) is 36.6. The highest BCUT2D eigenvalue weighted by Crippen LogP contribution is 2.21. The molecule has 2 aromatic carbocycles. The molecule has 204 valence electrons. The Morgan fingerprint density at radius 1 is 1.10 bits per heavy atom. The van der Waals surface area contributed by atoms with E-state index in [4.69, 9.17) is 11.5 Å². The number of terminal acetylenes is 1. The second kappa shape index (κ2) is 11.6. The first-order valence-electron chi connectivity index (χ1n) is 13.0. The van der Waals surface area contributed by atoms with Crippen LogP contribution >= 0.6 is 0 Å². The molecule has 0 spiro atoms. The molecule has 4 aromatic rings. The number of anilines is 1. The normalized spacial score (nSPS) is 14.6. The third-order valence-corrected chi connectivity index (χ3v) is 7.15. The highest BCUT2D eigenvalue weighted by atomic mass is 19.1. The molecule has 2 N–H and O–H groups in total. The van der Waals surface area contributed by atoms with Crippen LogP contribution in [0, 0.1) is 18.2 Å². The SMILES string of the molecule is C#Cc1ccc(Cn2c(=O)ccc3cnc(NC(C)c4ccc(CN5CCN(C(=O)O)CC5)cc4)nc32)c(F)c1. The molecule has 0 bridgehead atoms. The van der Waals surface area contributed by atoms with Crippen LogP contribution in [0.2, 0.25) is 0 Å². The number of rotatable bonds is 7. The number of nitrogens with zero attached hydrogens (tertiary/aromatic N) is 5. The van der Waals surface area contributed by atoms with E-state index in [1.54, 1.807) is 24.4 Å². The van der Waals surface area contributed by atoms with Crippen molar-refractivity contribution in [1.82, 2.24) is 24.3 Å². The number of fused-ring (bicyclic) bond motifs is 1. The van der Waals surface area contributed by atoms with Gasteiger partial charge in [0, 0.05) is 61.5 Å². The molecule has 5 rings (SSSR count). The lowest BCUT2D eigenvalue weighted by atomic mass is 10.1. The fourth-order valence-electron chi connectivity index (χ4n) is 4.77. The van der Waals surface area contributed by atoms with Crippen molar-refractivity contribution < 1.29 is 14.3 Å². The zero-order valence-electron chi connectivity index (χ0n) is 22.0. The fourth-order valence-corrected chi connectivity index (χ4v) is 4.77. The number of halogens is 1. The van der Waals surface area contributed by atoms with E-state index in [-0.39, 0.29) is 18.1 Å². The van der Waals surface area contributed by atoms with Gasteiger partial charge in [-0.3, -0.25) is 14.3 Å². The minimum atomic E-state index is -0.867. The van der Waals surface area contributed by atoms with Crippen LogP contribution in [-0.2, 0) is 13.1 Å². The number of carboxylic acid groups (broad SMARTS) is 1. The summed E-state index contributed by atoms with van der Waals surface area (Å²) < 4.78 is 16.0. The molecule has 0 aliphatic carbocycles. The molecule has 1 fully saturated rings. The van der Waals surface area contributed by atoms with Crippen LogP contribution in [0.3, 0.4) is 0 Å². The van der Waals surface area contributed by atoms with Gasteiger partial charge in [-0.25, -0.2) is 14.2 Å². The van der Waals surface area contributed by atoms with Gasteiger partial charge in [0.1, 0.15) is 11.5 Å². The number of benzene rings is 2. The van der Waals surface area contributed by atoms with Crippen molar-refractivity contribution in [2.24, 2.45) is 0 Å². The number of pyridine rings is 1. The Bertz CT molecular complexity index is 1640. The number of piperazine rings is 1.